The minimum absolute atomic E-state index is 0.0386. The fourth-order valence-electron chi connectivity index (χ4n) is 2.10. The first kappa shape index (κ1) is 17.4. The summed E-state index contributed by atoms with van der Waals surface area (Å²) in [6.07, 6.45) is 2.23. The van der Waals surface area contributed by atoms with Crippen molar-refractivity contribution in [2.75, 3.05) is 26.9 Å². The SMILES string of the molecule is CCOc1cc(/C=C2/SC(=O)N(CCCOC)C2=O)ccc1O. The highest BCUT2D eigenvalue weighted by Crippen LogP contribution is 2.34. The highest BCUT2D eigenvalue weighted by Gasteiger charge is 2.34. The van der Waals surface area contributed by atoms with Gasteiger partial charge in [-0.05, 0) is 48.9 Å². The second-order valence-corrected chi connectivity index (χ2v) is 5.83. The molecule has 1 saturated heterocycles. The lowest BCUT2D eigenvalue weighted by molar-refractivity contribution is -0.122. The standard InChI is InChI=1S/C16H19NO5S/c1-3-22-13-9-11(5-6-12(13)18)10-14-15(19)17(16(20)23-14)7-4-8-21-2/h5-6,9-10,18H,3-4,7-8H2,1-2H3/b14-10+. The van der Waals surface area contributed by atoms with Gasteiger partial charge in [-0.3, -0.25) is 14.5 Å². The molecule has 124 valence electrons. The van der Waals surface area contributed by atoms with Gasteiger partial charge in [0.1, 0.15) is 0 Å². The highest BCUT2D eigenvalue weighted by atomic mass is 32.2. The van der Waals surface area contributed by atoms with Crippen LogP contribution in [0.15, 0.2) is 23.1 Å². The molecule has 0 atom stereocenters. The number of amides is 2. The van der Waals surface area contributed by atoms with E-state index in [4.69, 9.17) is 9.47 Å². The molecule has 1 heterocycles. The number of hydrogen-bond donors (Lipinski definition) is 1. The first-order valence-electron chi connectivity index (χ1n) is 7.27. The maximum absolute atomic E-state index is 12.3. The molecule has 1 aromatic carbocycles. The van der Waals surface area contributed by atoms with Crippen molar-refractivity contribution >= 4 is 29.0 Å². The van der Waals surface area contributed by atoms with Gasteiger partial charge in [-0.2, -0.15) is 0 Å². The Bertz CT molecular complexity index is 629. The Labute approximate surface area is 139 Å². The molecule has 6 nitrogen and oxygen atoms in total. The van der Waals surface area contributed by atoms with Crippen molar-refractivity contribution in [1.82, 2.24) is 4.90 Å². The average molecular weight is 337 g/mol. The molecule has 0 aliphatic carbocycles. The summed E-state index contributed by atoms with van der Waals surface area (Å²) in [6, 6.07) is 4.80. The first-order valence-corrected chi connectivity index (χ1v) is 8.08. The Hall–Kier alpha value is -1.99. The molecule has 1 aliphatic rings. The lowest BCUT2D eigenvalue weighted by Gasteiger charge is -2.11. The molecule has 2 amide bonds. The van der Waals surface area contributed by atoms with E-state index in [2.05, 4.69) is 0 Å². The second-order valence-electron chi connectivity index (χ2n) is 4.84. The number of thioether (sulfide) groups is 1. The number of ether oxygens (including phenoxy) is 2. The number of imide groups is 1. The zero-order valence-electron chi connectivity index (χ0n) is 13.1. The minimum Gasteiger partial charge on any atom is -0.504 e. The number of rotatable bonds is 7. The van der Waals surface area contributed by atoms with Gasteiger partial charge in [0.2, 0.25) is 0 Å². The molecule has 1 N–H and O–H groups in total. The summed E-state index contributed by atoms with van der Waals surface area (Å²) < 4.78 is 10.2. The van der Waals surface area contributed by atoms with Crippen LogP contribution in [-0.2, 0) is 9.53 Å². The normalized spacial score (nSPS) is 16.4. The third kappa shape index (κ3) is 4.27. The van der Waals surface area contributed by atoms with Crippen LogP contribution in [0.5, 0.6) is 11.5 Å². The van der Waals surface area contributed by atoms with Crippen molar-refractivity contribution < 1.29 is 24.2 Å². The zero-order valence-corrected chi connectivity index (χ0v) is 13.9. The largest absolute Gasteiger partial charge is 0.504 e. The van der Waals surface area contributed by atoms with Crippen LogP contribution in [0.25, 0.3) is 6.08 Å². The van der Waals surface area contributed by atoms with Crippen molar-refractivity contribution in [3.63, 3.8) is 0 Å². The van der Waals surface area contributed by atoms with Crippen molar-refractivity contribution in [2.45, 2.75) is 13.3 Å². The van der Waals surface area contributed by atoms with E-state index >= 15 is 0 Å². The van der Waals surface area contributed by atoms with E-state index in [1.807, 2.05) is 6.92 Å². The summed E-state index contributed by atoms with van der Waals surface area (Å²) >= 11 is 0.912. The van der Waals surface area contributed by atoms with E-state index in [0.29, 0.717) is 42.4 Å². The van der Waals surface area contributed by atoms with Gasteiger partial charge >= 0.3 is 0 Å². The van der Waals surface area contributed by atoms with Crippen LogP contribution in [-0.4, -0.2) is 48.0 Å². The number of carbonyl (C=O) groups excluding carboxylic acids is 2. The number of aromatic hydroxyl groups is 1. The van der Waals surface area contributed by atoms with Crippen LogP contribution < -0.4 is 4.74 Å². The molecule has 2 rings (SSSR count). The van der Waals surface area contributed by atoms with Crippen LogP contribution in [0.1, 0.15) is 18.9 Å². The van der Waals surface area contributed by atoms with E-state index in [9.17, 15) is 14.7 Å². The van der Waals surface area contributed by atoms with Gasteiger partial charge in [-0.1, -0.05) is 6.07 Å². The van der Waals surface area contributed by atoms with Crippen LogP contribution >= 0.6 is 11.8 Å². The molecule has 0 bridgehead atoms. The summed E-state index contributed by atoms with van der Waals surface area (Å²) in [5, 5.41) is 9.41. The third-order valence-corrected chi connectivity index (χ3v) is 4.09. The summed E-state index contributed by atoms with van der Waals surface area (Å²) in [6.45, 7) is 3.08. The molecule has 0 unspecified atom stereocenters. The van der Waals surface area contributed by atoms with E-state index < -0.39 is 0 Å². The number of phenolic OH excluding ortho intramolecular Hbond substituents is 1. The molecular formula is C16H19NO5S. The molecule has 7 heteroatoms. The van der Waals surface area contributed by atoms with Crippen LogP contribution in [0, 0.1) is 0 Å². The van der Waals surface area contributed by atoms with Crippen molar-refractivity contribution in [2.24, 2.45) is 0 Å². The number of carbonyl (C=O) groups is 2. The van der Waals surface area contributed by atoms with Crippen molar-refractivity contribution in [3.8, 4) is 11.5 Å². The molecule has 1 aromatic rings. The molecule has 23 heavy (non-hydrogen) atoms. The van der Waals surface area contributed by atoms with E-state index in [0.717, 1.165) is 11.8 Å². The Kier molecular flexibility index (Phi) is 6.06. The van der Waals surface area contributed by atoms with Gasteiger partial charge in [0.25, 0.3) is 11.1 Å². The maximum atomic E-state index is 12.3. The van der Waals surface area contributed by atoms with Gasteiger partial charge in [-0.15, -0.1) is 0 Å². The number of benzene rings is 1. The monoisotopic (exact) mass is 337 g/mol. The Morgan fingerprint density at radius 1 is 1.35 bits per heavy atom. The molecule has 0 spiro atoms. The number of methoxy groups -OCH3 is 1. The van der Waals surface area contributed by atoms with Crippen molar-refractivity contribution in [3.05, 3.63) is 28.7 Å². The molecule has 1 fully saturated rings. The van der Waals surface area contributed by atoms with E-state index in [1.54, 1.807) is 25.3 Å². The van der Waals surface area contributed by atoms with Crippen LogP contribution in [0.4, 0.5) is 4.79 Å². The minimum atomic E-state index is -0.304. The Balaban J connectivity index is 2.15. The fourth-order valence-corrected chi connectivity index (χ4v) is 2.97. The van der Waals surface area contributed by atoms with E-state index in [1.165, 1.54) is 11.0 Å². The smallest absolute Gasteiger partial charge is 0.293 e. The maximum Gasteiger partial charge on any atom is 0.293 e. The molecule has 0 saturated carbocycles. The topological polar surface area (TPSA) is 76.1 Å². The predicted molar refractivity (Wildman–Crippen MR) is 88.4 cm³/mol. The van der Waals surface area contributed by atoms with Crippen LogP contribution in [0.2, 0.25) is 0 Å². The second kappa shape index (κ2) is 8.03. The summed E-state index contributed by atoms with van der Waals surface area (Å²) in [5.41, 5.74) is 0.689. The van der Waals surface area contributed by atoms with Crippen LogP contribution in [0.3, 0.4) is 0 Å². The summed E-state index contributed by atoms with van der Waals surface area (Å²) in [7, 11) is 1.58. The van der Waals surface area contributed by atoms with Crippen molar-refractivity contribution in [1.29, 1.82) is 0 Å². The lowest BCUT2D eigenvalue weighted by Crippen LogP contribution is -2.29. The van der Waals surface area contributed by atoms with Gasteiger partial charge < -0.3 is 14.6 Å². The molecule has 1 aliphatic heterocycles. The van der Waals surface area contributed by atoms with Gasteiger partial charge in [0.15, 0.2) is 11.5 Å². The van der Waals surface area contributed by atoms with Gasteiger partial charge in [0, 0.05) is 20.3 Å². The third-order valence-electron chi connectivity index (χ3n) is 3.19. The summed E-state index contributed by atoms with van der Waals surface area (Å²) in [4.78, 5) is 25.8. The number of nitrogens with zero attached hydrogens (tertiary/aromatic N) is 1. The molecule has 0 radical (unpaired) electrons. The quantitative estimate of drug-likeness (QED) is 0.609. The first-order chi connectivity index (χ1) is 11.1. The highest BCUT2D eigenvalue weighted by molar-refractivity contribution is 8.18. The lowest BCUT2D eigenvalue weighted by atomic mass is 10.2. The fraction of sp³-hybridized carbons (Fsp3) is 0.375. The predicted octanol–water partition coefficient (Wildman–Crippen LogP) is 2.86. The molecular weight excluding hydrogens is 318 g/mol. The molecule has 0 aromatic heterocycles. The zero-order chi connectivity index (χ0) is 16.8. The van der Waals surface area contributed by atoms with Gasteiger partial charge in [0.05, 0.1) is 11.5 Å². The average Bonchev–Trinajstić information content (AvgIpc) is 2.78. The number of phenols is 1. The summed E-state index contributed by atoms with van der Waals surface area (Å²) in [5.74, 6) is 0.0828. The van der Waals surface area contributed by atoms with E-state index in [-0.39, 0.29) is 16.9 Å². The Morgan fingerprint density at radius 3 is 2.83 bits per heavy atom. The number of hydrogen-bond acceptors (Lipinski definition) is 6. The van der Waals surface area contributed by atoms with Gasteiger partial charge in [-0.25, -0.2) is 0 Å². The Morgan fingerprint density at radius 2 is 2.13 bits per heavy atom.